The number of carbonyl (C=O) groups excluding carboxylic acids is 2. The third-order valence-corrected chi connectivity index (χ3v) is 15.9. The number of aliphatic hydroxyl groups excluding tert-OH is 1. The molecule has 11 nitrogen and oxygen atoms in total. The molecule has 7 rings (SSSR count). The normalized spacial score (nSPS) is 50.1. The molecule has 2 heterocycles. The summed E-state index contributed by atoms with van der Waals surface area (Å²) in [4.78, 5) is 26.0. The van der Waals surface area contributed by atoms with Crippen LogP contribution in [0.3, 0.4) is 0 Å². The minimum atomic E-state index is -1.30. The number of nitrogens with two attached hydrogens (primary N) is 2. The molecule has 15 atom stereocenters. The molecule has 2 saturated heterocycles. The Hall–Kier alpha value is -1.34. The van der Waals surface area contributed by atoms with Crippen LogP contribution in [0.5, 0.6) is 0 Å². The maximum Gasteiger partial charge on any atom is 0.303 e. The SMILES string of the molecule is CC(=O)O[C@@H](C1C[C@@H](C)[C@H]2C(O1)[C@H](O)[C@@]1(N)C3CC[C@H]4C(C)(C)[C@@H](O[C@H]5CN(C(C)C(N)=O)CCO5)CCC45CC35CCC21C)C(C)(C)O. The average molecular weight is 690 g/mol. The van der Waals surface area contributed by atoms with Gasteiger partial charge in [0, 0.05) is 13.5 Å². The quantitative estimate of drug-likeness (QED) is 0.292. The molecule has 278 valence electrons. The van der Waals surface area contributed by atoms with Gasteiger partial charge in [-0.2, -0.15) is 0 Å². The number of nitrogens with zero attached hydrogens (tertiary/aromatic N) is 1. The van der Waals surface area contributed by atoms with Crippen molar-refractivity contribution in [3.63, 3.8) is 0 Å². The maximum absolute atomic E-state index is 12.4. The Balaban J connectivity index is 1.12. The van der Waals surface area contributed by atoms with E-state index >= 15 is 0 Å². The van der Waals surface area contributed by atoms with Crippen molar-refractivity contribution in [2.75, 3.05) is 19.7 Å². The van der Waals surface area contributed by atoms with Gasteiger partial charge in [0.25, 0.3) is 0 Å². The fraction of sp³-hybridized carbons (Fsp3) is 0.947. The number of esters is 1. The summed E-state index contributed by atoms with van der Waals surface area (Å²) in [5, 5.41) is 23.5. The molecular weight excluding hydrogens is 626 g/mol. The maximum atomic E-state index is 12.4. The number of fused-ring (bicyclic) bond motifs is 4. The Morgan fingerprint density at radius 1 is 1.06 bits per heavy atom. The molecule has 7 fully saturated rings. The summed E-state index contributed by atoms with van der Waals surface area (Å²) >= 11 is 0. The topological polar surface area (TPSA) is 167 Å². The zero-order valence-corrected chi connectivity index (χ0v) is 31.1. The molecule has 0 radical (unpaired) electrons. The lowest BCUT2D eigenvalue weighted by Crippen LogP contribution is -2.70. The summed E-state index contributed by atoms with van der Waals surface area (Å²) < 4.78 is 25.3. The lowest BCUT2D eigenvalue weighted by Gasteiger charge is -2.63. The lowest BCUT2D eigenvalue weighted by molar-refractivity contribution is -0.248. The van der Waals surface area contributed by atoms with Crippen LogP contribution in [0, 0.1) is 45.3 Å². The summed E-state index contributed by atoms with van der Waals surface area (Å²) in [7, 11) is 0. The Bertz CT molecular complexity index is 1340. The van der Waals surface area contributed by atoms with Crippen LogP contribution in [0.25, 0.3) is 0 Å². The monoisotopic (exact) mass is 689 g/mol. The minimum Gasteiger partial charge on any atom is -0.457 e. The fourth-order valence-electron chi connectivity index (χ4n) is 13.7. The van der Waals surface area contributed by atoms with E-state index in [9.17, 15) is 19.8 Å². The van der Waals surface area contributed by atoms with Gasteiger partial charge in [-0.05, 0) is 117 Å². The number of rotatable bonds is 7. The number of carbonyl (C=O) groups is 2. The lowest BCUT2D eigenvalue weighted by atomic mass is 9.43. The predicted octanol–water partition coefficient (Wildman–Crippen LogP) is 3.11. The van der Waals surface area contributed by atoms with Gasteiger partial charge in [0.15, 0.2) is 12.4 Å². The van der Waals surface area contributed by atoms with Crippen LogP contribution in [0.2, 0.25) is 0 Å². The second-order valence-corrected chi connectivity index (χ2v) is 18.9. The highest BCUT2D eigenvalue weighted by Crippen LogP contribution is 2.87. The highest BCUT2D eigenvalue weighted by molar-refractivity contribution is 5.79. The van der Waals surface area contributed by atoms with Gasteiger partial charge in [-0.25, -0.2) is 0 Å². The third-order valence-electron chi connectivity index (χ3n) is 15.9. The van der Waals surface area contributed by atoms with Crippen molar-refractivity contribution in [3.05, 3.63) is 0 Å². The van der Waals surface area contributed by atoms with Crippen molar-refractivity contribution in [2.45, 2.75) is 161 Å². The first-order chi connectivity index (χ1) is 22.7. The van der Waals surface area contributed by atoms with E-state index in [2.05, 4.69) is 32.6 Å². The summed E-state index contributed by atoms with van der Waals surface area (Å²) in [6.45, 7) is 17.5. The van der Waals surface area contributed by atoms with Gasteiger partial charge in [-0.1, -0.05) is 27.7 Å². The molecule has 7 aliphatic rings. The zero-order valence-electron chi connectivity index (χ0n) is 31.1. The second kappa shape index (κ2) is 11.6. The molecule has 0 aromatic rings. The van der Waals surface area contributed by atoms with Gasteiger partial charge >= 0.3 is 5.97 Å². The molecule has 0 bridgehead atoms. The van der Waals surface area contributed by atoms with Gasteiger partial charge in [-0.3, -0.25) is 14.5 Å². The highest BCUT2D eigenvalue weighted by Gasteiger charge is 2.85. The van der Waals surface area contributed by atoms with Gasteiger partial charge in [0.2, 0.25) is 5.91 Å². The van der Waals surface area contributed by atoms with Gasteiger partial charge in [0.1, 0.15) is 0 Å². The smallest absolute Gasteiger partial charge is 0.303 e. The molecule has 49 heavy (non-hydrogen) atoms. The van der Waals surface area contributed by atoms with Crippen molar-refractivity contribution >= 4 is 11.9 Å². The summed E-state index contributed by atoms with van der Waals surface area (Å²) in [5.41, 5.74) is 11.2. The van der Waals surface area contributed by atoms with E-state index in [0.717, 1.165) is 44.9 Å². The van der Waals surface area contributed by atoms with E-state index in [0.29, 0.717) is 32.0 Å². The first kappa shape index (κ1) is 36.0. The highest BCUT2D eigenvalue weighted by atomic mass is 16.7. The minimum absolute atomic E-state index is 0.0407. The molecule has 5 saturated carbocycles. The zero-order chi connectivity index (χ0) is 35.7. The third kappa shape index (κ3) is 4.98. The van der Waals surface area contributed by atoms with Crippen molar-refractivity contribution in [1.29, 1.82) is 0 Å². The predicted molar refractivity (Wildman–Crippen MR) is 182 cm³/mol. The Labute approximate surface area is 292 Å². The van der Waals surface area contributed by atoms with Gasteiger partial charge in [-0.15, -0.1) is 0 Å². The second-order valence-electron chi connectivity index (χ2n) is 18.9. The number of primary amides is 1. The van der Waals surface area contributed by atoms with Crippen LogP contribution < -0.4 is 11.5 Å². The molecule has 5 aliphatic carbocycles. The van der Waals surface area contributed by atoms with Gasteiger partial charge in [0.05, 0.1) is 54.7 Å². The Kier molecular flexibility index (Phi) is 8.52. The van der Waals surface area contributed by atoms with E-state index in [1.807, 2.05) is 6.92 Å². The summed E-state index contributed by atoms with van der Waals surface area (Å²) in [5.74, 6) is 0.112. The van der Waals surface area contributed by atoms with Crippen molar-refractivity contribution in [1.82, 2.24) is 4.90 Å². The molecule has 7 unspecified atom stereocenters. The molecule has 6 N–H and O–H groups in total. The molecule has 2 aliphatic heterocycles. The first-order valence-electron chi connectivity index (χ1n) is 19.1. The van der Waals surface area contributed by atoms with Crippen molar-refractivity contribution in [3.8, 4) is 0 Å². The molecular formula is C38H63N3O8. The number of morpholine rings is 1. The van der Waals surface area contributed by atoms with Crippen LogP contribution in [0.1, 0.15) is 107 Å². The molecule has 0 aromatic heterocycles. The number of aliphatic hydroxyl groups is 2. The van der Waals surface area contributed by atoms with Crippen LogP contribution >= 0.6 is 0 Å². The van der Waals surface area contributed by atoms with E-state index in [1.54, 1.807) is 13.8 Å². The van der Waals surface area contributed by atoms with Gasteiger partial charge < -0.3 is 40.6 Å². The summed E-state index contributed by atoms with van der Waals surface area (Å²) in [6, 6.07) is -0.356. The molecule has 0 aromatic carbocycles. The fourth-order valence-corrected chi connectivity index (χ4v) is 13.7. The standard InChI is InChI=1S/C38H63N3O8/c1-20-17-23(31(34(6,7)45)47-22(3)42)48-29-28(20)35(8)13-14-37-19-36(37)12-11-26(49-27-18-41(15-16-46-27)21(2)32(39)44)33(4,5)24(36)9-10-25(37)38(35,40)30(29)43/h20-21,23-31,43,45H,9-19,40H2,1-8H3,(H2,39,44)/t20-,21?,23?,24+,25?,26+,27+,28+,29?,30+,31+,35?,36?,37?,38+/m1/s1. The number of hydrogen-bond acceptors (Lipinski definition) is 10. The van der Waals surface area contributed by atoms with E-state index < -0.39 is 41.5 Å². The first-order valence-corrected chi connectivity index (χ1v) is 19.1. The van der Waals surface area contributed by atoms with Crippen LogP contribution in [-0.2, 0) is 28.5 Å². The molecule has 2 spiro atoms. The molecule has 1 amide bonds. The van der Waals surface area contributed by atoms with E-state index in [4.69, 9.17) is 30.4 Å². The average Bonchev–Trinajstić information content (AvgIpc) is 3.65. The van der Waals surface area contributed by atoms with Crippen molar-refractivity contribution in [2.24, 2.45) is 56.8 Å². The Morgan fingerprint density at radius 2 is 1.73 bits per heavy atom. The van der Waals surface area contributed by atoms with E-state index in [-0.39, 0.29) is 63.8 Å². The summed E-state index contributed by atoms with van der Waals surface area (Å²) in [6.07, 6.45) is 4.81. The van der Waals surface area contributed by atoms with Crippen molar-refractivity contribution < 1.29 is 38.7 Å². The van der Waals surface area contributed by atoms with E-state index in [1.165, 1.54) is 6.92 Å². The number of amides is 1. The largest absolute Gasteiger partial charge is 0.457 e. The Morgan fingerprint density at radius 3 is 2.39 bits per heavy atom. The number of ether oxygens (including phenoxy) is 4. The van der Waals surface area contributed by atoms with Crippen LogP contribution in [-0.4, -0.2) is 101 Å². The van der Waals surface area contributed by atoms with Crippen LogP contribution in [0.4, 0.5) is 0 Å². The van der Waals surface area contributed by atoms with Crippen LogP contribution in [0.15, 0.2) is 0 Å². The number of hydrogen-bond donors (Lipinski definition) is 4. The molecule has 11 heteroatoms.